The second-order valence-corrected chi connectivity index (χ2v) is 13.7. The van der Waals surface area contributed by atoms with Crippen molar-refractivity contribution in [1.29, 1.82) is 0 Å². The number of rotatable bonds is 12. The third kappa shape index (κ3) is 7.82. The monoisotopic (exact) mass is 644 g/mol. The standard InChI is InChI=1S/C27H31Cl2N3O7S2/c1-3-30-22-17-20(28)21(29)18-23(22)31(12-4-5-14-40(33,34)35)26(30)8-6-9-27-32(13-7-15-41(36,37)38)24-16-19(2)10-11-25(24)39-27/h6,8-11,16-18H,3-5,7,12-15H2,1-2H3,(H-,33,34,35,36,37,38)/p+1. The van der Waals surface area contributed by atoms with E-state index in [1.54, 1.807) is 18.2 Å². The zero-order valence-electron chi connectivity index (χ0n) is 22.6. The first kappa shape index (κ1) is 31.3. The summed E-state index contributed by atoms with van der Waals surface area (Å²) in [5.41, 5.74) is 4.15. The molecule has 0 fully saturated rings. The van der Waals surface area contributed by atoms with Gasteiger partial charge in [0.05, 0.1) is 39.0 Å². The highest BCUT2D eigenvalue weighted by molar-refractivity contribution is 7.86. The maximum atomic E-state index is 11.3. The van der Waals surface area contributed by atoms with Crippen molar-refractivity contribution in [2.45, 2.75) is 39.7 Å². The minimum absolute atomic E-state index is 0.200. The number of nitrogens with zero attached hydrogens (tertiary/aromatic N) is 3. The number of aryl methyl sites for hydroxylation is 2. The van der Waals surface area contributed by atoms with Crippen molar-refractivity contribution in [3.63, 3.8) is 0 Å². The van der Waals surface area contributed by atoms with E-state index in [9.17, 15) is 21.4 Å². The second-order valence-electron chi connectivity index (χ2n) is 9.73. The fourth-order valence-electron chi connectivity index (χ4n) is 4.84. The number of hydrogen-bond donors (Lipinski definition) is 2. The molecule has 0 atom stereocenters. The number of hydrogen-bond acceptors (Lipinski definition) is 7. The molecule has 2 aromatic carbocycles. The highest BCUT2D eigenvalue weighted by Crippen LogP contribution is 2.45. The van der Waals surface area contributed by atoms with E-state index in [1.807, 2.05) is 53.7 Å². The van der Waals surface area contributed by atoms with E-state index in [2.05, 4.69) is 4.90 Å². The van der Waals surface area contributed by atoms with Crippen molar-refractivity contribution < 1.29 is 34.9 Å². The van der Waals surface area contributed by atoms with Crippen LogP contribution in [-0.2, 0) is 26.8 Å². The number of unbranched alkanes of at least 4 members (excludes halogenated alkanes) is 1. The third-order valence-electron chi connectivity index (χ3n) is 6.66. The van der Waals surface area contributed by atoms with Crippen LogP contribution in [0, 0.1) is 6.92 Å². The summed E-state index contributed by atoms with van der Waals surface area (Å²) in [5.74, 6) is 0.623. The first-order chi connectivity index (χ1) is 19.3. The lowest BCUT2D eigenvalue weighted by molar-refractivity contribution is -0.677. The van der Waals surface area contributed by atoms with Gasteiger partial charge in [0.1, 0.15) is 5.82 Å². The molecule has 2 heterocycles. The van der Waals surface area contributed by atoms with Crippen LogP contribution in [0.25, 0.3) is 17.2 Å². The minimum atomic E-state index is -4.09. The number of allylic oxidation sites excluding steroid dienone is 2. The van der Waals surface area contributed by atoms with Gasteiger partial charge in [-0.2, -0.15) is 21.4 Å². The van der Waals surface area contributed by atoms with Gasteiger partial charge in [-0.15, -0.1) is 0 Å². The summed E-state index contributed by atoms with van der Waals surface area (Å²) in [6, 6.07) is 9.31. The molecular weight excluding hydrogens is 613 g/mol. The normalized spacial score (nSPS) is 15.1. The number of benzene rings is 2. The van der Waals surface area contributed by atoms with Crippen molar-refractivity contribution in [2.24, 2.45) is 0 Å². The Morgan fingerprint density at radius 3 is 2.20 bits per heavy atom. The van der Waals surface area contributed by atoms with E-state index >= 15 is 0 Å². The number of oxazole rings is 1. The quantitative estimate of drug-likeness (QED) is 0.149. The smallest absolute Gasteiger partial charge is 0.374 e. The molecule has 0 spiro atoms. The fourth-order valence-corrected chi connectivity index (χ4v) is 6.22. The van der Waals surface area contributed by atoms with Gasteiger partial charge in [-0.1, -0.05) is 29.3 Å². The van der Waals surface area contributed by atoms with E-state index in [1.165, 1.54) is 0 Å². The topological polar surface area (TPSA) is 132 Å². The molecule has 0 radical (unpaired) electrons. The summed E-state index contributed by atoms with van der Waals surface area (Å²) in [7, 11) is -8.15. The van der Waals surface area contributed by atoms with E-state index in [0.29, 0.717) is 47.6 Å². The van der Waals surface area contributed by atoms with Crippen LogP contribution in [0.1, 0.15) is 37.6 Å². The summed E-state index contributed by atoms with van der Waals surface area (Å²) >= 11 is 12.7. The van der Waals surface area contributed by atoms with E-state index in [0.717, 1.165) is 28.3 Å². The fraction of sp³-hybridized carbons (Fsp3) is 0.370. The van der Waals surface area contributed by atoms with Crippen molar-refractivity contribution in [3.05, 3.63) is 69.8 Å². The molecule has 0 saturated carbocycles. The molecule has 14 heteroatoms. The van der Waals surface area contributed by atoms with Crippen LogP contribution in [0.4, 0.5) is 11.4 Å². The molecule has 41 heavy (non-hydrogen) atoms. The SMILES string of the molecule is CCN1/C(=C\C=C\c2oc3ccc(C)cc3[n+]2CCCS(=O)(=O)O)N(CCCCS(=O)(=O)O)c2cc(Cl)c(Cl)cc21. The van der Waals surface area contributed by atoms with Gasteiger partial charge in [0.25, 0.3) is 25.8 Å². The molecule has 1 aliphatic rings. The van der Waals surface area contributed by atoms with Gasteiger partial charge in [-0.25, -0.2) is 0 Å². The summed E-state index contributed by atoms with van der Waals surface area (Å²) in [6.45, 7) is 5.35. The second kappa shape index (κ2) is 12.7. The molecule has 0 bridgehead atoms. The lowest BCUT2D eigenvalue weighted by Gasteiger charge is -2.24. The Morgan fingerprint density at radius 1 is 0.927 bits per heavy atom. The molecule has 1 aliphatic heterocycles. The Kier molecular flexibility index (Phi) is 9.72. The first-order valence-corrected chi connectivity index (χ1v) is 17.0. The number of aromatic nitrogens is 1. The molecule has 4 rings (SSSR count). The zero-order chi connectivity index (χ0) is 29.9. The minimum Gasteiger partial charge on any atom is -0.398 e. The van der Waals surface area contributed by atoms with Gasteiger partial charge in [0.15, 0.2) is 6.54 Å². The first-order valence-electron chi connectivity index (χ1n) is 13.0. The average molecular weight is 646 g/mol. The van der Waals surface area contributed by atoms with Crippen molar-refractivity contribution in [2.75, 3.05) is 34.4 Å². The highest BCUT2D eigenvalue weighted by Gasteiger charge is 2.31. The summed E-state index contributed by atoms with van der Waals surface area (Å²) in [5, 5.41) is 0.806. The van der Waals surface area contributed by atoms with Gasteiger partial charge in [0, 0.05) is 25.6 Å². The van der Waals surface area contributed by atoms with Crippen LogP contribution in [-0.4, -0.2) is 50.5 Å². The molecule has 10 nitrogen and oxygen atoms in total. The van der Waals surface area contributed by atoms with Gasteiger partial charge >= 0.3 is 5.89 Å². The summed E-state index contributed by atoms with van der Waals surface area (Å²) in [6.07, 6.45) is 6.48. The van der Waals surface area contributed by atoms with Crippen molar-refractivity contribution in [3.8, 4) is 0 Å². The maximum Gasteiger partial charge on any atom is 0.374 e. The average Bonchev–Trinajstić information content (AvgIpc) is 3.35. The Labute approximate surface area is 250 Å². The molecule has 0 saturated heterocycles. The van der Waals surface area contributed by atoms with Crippen LogP contribution in [0.2, 0.25) is 10.0 Å². The summed E-state index contributed by atoms with van der Waals surface area (Å²) in [4.78, 5) is 4.09. The van der Waals surface area contributed by atoms with E-state index in [-0.39, 0.29) is 24.3 Å². The Bertz CT molecular complexity index is 1720. The van der Waals surface area contributed by atoms with E-state index < -0.39 is 20.2 Å². The zero-order valence-corrected chi connectivity index (χ0v) is 25.8. The lowest BCUT2D eigenvalue weighted by Crippen LogP contribution is -2.36. The number of halogens is 2. The van der Waals surface area contributed by atoms with E-state index in [4.69, 9.17) is 32.2 Å². The lowest BCUT2D eigenvalue weighted by atomic mass is 10.2. The maximum absolute atomic E-state index is 11.3. The Hall–Kier alpha value is -2.61. The predicted octanol–water partition coefficient (Wildman–Crippen LogP) is 5.48. The van der Waals surface area contributed by atoms with Crippen LogP contribution in [0.3, 0.4) is 0 Å². The van der Waals surface area contributed by atoms with Gasteiger partial charge in [-0.05, 0) is 62.6 Å². The number of anilines is 2. The van der Waals surface area contributed by atoms with Crippen LogP contribution < -0.4 is 14.4 Å². The van der Waals surface area contributed by atoms with Crippen LogP contribution >= 0.6 is 23.2 Å². The number of fused-ring (bicyclic) bond motifs is 2. The van der Waals surface area contributed by atoms with Gasteiger partial charge in [-0.3, -0.25) is 9.11 Å². The third-order valence-corrected chi connectivity index (χ3v) is 8.99. The Morgan fingerprint density at radius 2 is 1.56 bits per heavy atom. The Balaban J connectivity index is 1.68. The predicted molar refractivity (Wildman–Crippen MR) is 162 cm³/mol. The van der Waals surface area contributed by atoms with Crippen molar-refractivity contribution >= 4 is 72.0 Å². The molecule has 1 aromatic heterocycles. The van der Waals surface area contributed by atoms with Crippen LogP contribution in [0.5, 0.6) is 0 Å². The van der Waals surface area contributed by atoms with Crippen LogP contribution in [0.15, 0.2) is 52.7 Å². The van der Waals surface area contributed by atoms with Gasteiger partial charge < -0.3 is 14.2 Å². The molecular formula is C27H32Cl2N3O7S2+. The molecule has 3 aromatic rings. The molecule has 2 N–H and O–H groups in total. The molecule has 0 amide bonds. The molecule has 0 unspecified atom stereocenters. The molecule has 0 aliphatic carbocycles. The van der Waals surface area contributed by atoms with Crippen molar-refractivity contribution in [1.82, 2.24) is 0 Å². The summed E-state index contributed by atoms with van der Waals surface area (Å²) < 4.78 is 71.2. The highest BCUT2D eigenvalue weighted by atomic mass is 35.5. The van der Waals surface area contributed by atoms with Gasteiger partial charge in [0.2, 0.25) is 5.58 Å². The largest absolute Gasteiger partial charge is 0.398 e. The molecule has 222 valence electrons.